The van der Waals surface area contributed by atoms with Gasteiger partial charge in [-0.05, 0) is 36.2 Å². The van der Waals surface area contributed by atoms with Gasteiger partial charge in [-0.25, -0.2) is 4.79 Å². The highest BCUT2D eigenvalue weighted by Gasteiger charge is 2.35. The Hall–Kier alpha value is -3.00. The zero-order chi connectivity index (χ0) is 22.1. The molecule has 2 N–H and O–H groups in total. The SMILES string of the molecule is CC(C)(CCOC(=O)CS)[C@@H](OC(=O)NC(=O)c1ccccc1)c1ccc(O)cc1. The minimum absolute atomic E-state index is 0.0255. The van der Waals surface area contributed by atoms with E-state index < -0.39 is 29.5 Å². The number of hydrogen-bond acceptors (Lipinski definition) is 7. The Bertz CT molecular complexity index is 867. The van der Waals surface area contributed by atoms with Crippen LogP contribution in [-0.4, -0.2) is 35.4 Å². The predicted molar refractivity (Wildman–Crippen MR) is 114 cm³/mol. The van der Waals surface area contributed by atoms with Gasteiger partial charge < -0.3 is 14.6 Å². The number of carbonyl (C=O) groups excluding carboxylic acids is 3. The molecule has 0 aliphatic carbocycles. The van der Waals surface area contributed by atoms with Crippen molar-refractivity contribution in [3.8, 4) is 5.75 Å². The second-order valence-electron chi connectivity index (χ2n) is 7.31. The van der Waals surface area contributed by atoms with Gasteiger partial charge in [0.15, 0.2) is 0 Å². The van der Waals surface area contributed by atoms with Gasteiger partial charge in [0, 0.05) is 11.0 Å². The summed E-state index contributed by atoms with van der Waals surface area (Å²) >= 11 is 3.87. The van der Waals surface area contributed by atoms with Crippen LogP contribution in [0.25, 0.3) is 0 Å². The largest absolute Gasteiger partial charge is 0.508 e. The van der Waals surface area contributed by atoms with Gasteiger partial charge >= 0.3 is 12.1 Å². The topological polar surface area (TPSA) is 102 Å². The van der Waals surface area contributed by atoms with Crippen molar-refractivity contribution in [1.29, 1.82) is 0 Å². The Labute approximate surface area is 180 Å². The number of thiol groups is 1. The summed E-state index contributed by atoms with van der Waals surface area (Å²) in [6.07, 6.45) is -1.28. The zero-order valence-corrected chi connectivity index (χ0v) is 17.7. The van der Waals surface area contributed by atoms with E-state index in [4.69, 9.17) is 9.47 Å². The zero-order valence-electron chi connectivity index (χ0n) is 16.8. The summed E-state index contributed by atoms with van der Waals surface area (Å²) in [6, 6.07) is 14.5. The first-order valence-electron chi connectivity index (χ1n) is 9.35. The lowest BCUT2D eigenvalue weighted by Crippen LogP contribution is -2.36. The molecule has 0 saturated carbocycles. The second-order valence-corrected chi connectivity index (χ2v) is 7.63. The van der Waals surface area contributed by atoms with Gasteiger partial charge in [0.2, 0.25) is 0 Å². The van der Waals surface area contributed by atoms with Gasteiger partial charge in [0.05, 0.1) is 12.4 Å². The van der Waals surface area contributed by atoms with Crippen LogP contribution < -0.4 is 5.32 Å². The van der Waals surface area contributed by atoms with E-state index in [1.54, 1.807) is 42.5 Å². The van der Waals surface area contributed by atoms with Crippen LogP contribution in [0.1, 0.15) is 42.3 Å². The lowest BCUT2D eigenvalue weighted by molar-refractivity contribution is -0.141. The number of rotatable bonds is 8. The van der Waals surface area contributed by atoms with Crippen molar-refractivity contribution in [3.05, 3.63) is 65.7 Å². The number of amides is 2. The van der Waals surface area contributed by atoms with Crippen molar-refractivity contribution >= 4 is 30.6 Å². The maximum Gasteiger partial charge on any atom is 0.414 e. The predicted octanol–water partition coefficient (Wildman–Crippen LogP) is 3.89. The first-order valence-corrected chi connectivity index (χ1v) is 9.98. The van der Waals surface area contributed by atoms with Gasteiger partial charge in [-0.2, -0.15) is 12.6 Å². The van der Waals surface area contributed by atoms with E-state index in [0.29, 0.717) is 17.5 Å². The molecule has 2 aromatic carbocycles. The molecule has 2 rings (SSSR count). The van der Waals surface area contributed by atoms with Gasteiger partial charge in [-0.1, -0.05) is 44.2 Å². The standard InChI is InChI=1S/C22H25NO6S/c1-22(2,12-13-28-18(25)14-30)19(15-8-10-17(24)11-9-15)29-21(27)23-20(26)16-6-4-3-5-7-16/h3-11,19,24,30H,12-14H2,1-2H3,(H,23,26,27)/t19-/m0/s1. The van der Waals surface area contributed by atoms with Crippen molar-refractivity contribution < 1.29 is 29.0 Å². The van der Waals surface area contributed by atoms with Crippen molar-refractivity contribution in [2.45, 2.75) is 26.4 Å². The van der Waals surface area contributed by atoms with Crippen LogP contribution in [0, 0.1) is 5.41 Å². The lowest BCUT2D eigenvalue weighted by atomic mass is 9.80. The number of phenols is 1. The van der Waals surface area contributed by atoms with E-state index in [1.165, 1.54) is 12.1 Å². The molecule has 0 aliphatic heterocycles. The van der Waals surface area contributed by atoms with Crippen molar-refractivity contribution in [3.63, 3.8) is 0 Å². The third-order valence-corrected chi connectivity index (χ3v) is 4.78. The number of carbonyl (C=O) groups is 3. The summed E-state index contributed by atoms with van der Waals surface area (Å²) in [5.41, 5.74) is 0.301. The molecule has 2 aromatic rings. The number of hydrogen-bond donors (Lipinski definition) is 3. The summed E-state index contributed by atoms with van der Waals surface area (Å²) in [5.74, 6) is -0.975. The number of ether oxygens (including phenoxy) is 2. The maximum absolute atomic E-state index is 12.5. The Balaban J connectivity index is 2.14. The molecule has 0 bridgehead atoms. The number of alkyl carbamates (subject to hydrolysis) is 1. The first kappa shape index (κ1) is 23.3. The summed E-state index contributed by atoms with van der Waals surface area (Å²) in [5, 5.41) is 11.8. The fourth-order valence-electron chi connectivity index (χ4n) is 2.82. The minimum Gasteiger partial charge on any atom is -0.508 e. The third kappa shape index (κ3) is 6.81. The molecule has 7 nitrogen and oxygen atoms in total. The molecular formula is C22H25NO6S. The molecule has 8 heteroatoms. The average Bonchev–Trinajstić information content (AvgIpc) is 2.73. The average molecular weight is 432 g/mol. The Morgan fingerprint density at radius 3 is 2.30 bits per heavy atom. The van der Waals surface area contributed by atoms with Crippen molar-refractivity contribution in [2.24, 2.45) is 5.41 Å². The van der Waals surface area contributed by atoms with Crippen LogP contribution in [0.15, 0.2) is 54.6 Å². The van der Waals surface area contributed by atoms with Crippen molar-refractivity contribution in [1.82, 2.24) is 5.32 Å². The summed E-state index contributed by atoms with van der Waals surface area (Å²) in [4.78, 5) is 36.0. The van der Waals surface area contributed by atoms with E-state index in [2.05, 4.69) is 17.9 Å². The smallest absolute Gasteiger partial charge is 0.414 e. The summed E-state index contributed by atoms with van der Waals surface area (Å²) in [6.45, 7) is 3.83. The fourth-order valence-corrected chi connectivity index (χ4v) is 2.91. The van der Waals surface area contributed by atoms with Gasteiger partial charge in [0.1, 0.15) is 11.9 Å². The first-order chi connectivity index (χ1) is 14.2. The minimum atomic E-state index is -0.901. The fraction of sp³-hybridized carbons (Fsp3) is 0.318. The number of imide groups is 1. The summed E-state index contributed by atoms with van der Waals surface area (Å²) < 4.78 is 10.7. The molecule has 0 radical (unpaired) electrons. The number of phenolic OH excluding ortho intramolecular Hbond substituents is 1. The molecule has 1 atom stereocenters. The van der Waals surface area contributed by atoms with E-state index in [0.717, 1.165) is 0 Å². The molecule has 2 amide bonds. The van der Waals surface area contributed by atoms with E-state index in [1.807, 2.05) is 13.8 Å². The van der Waals surface area contributed by atoms with Gasteiger partial charge in [-0.3, -0.25) is 14.9 Å². The highest BCUT2D eigenvalue weighted by molar-refractivity contribution is 7.81. The van der Waals surface area contributed by atoms with E-state index in [-0.39, 0.29) is 18.1 Å². The molecule has 0 saturated heterocycles. The van der Waals surface area contributed by atoms with Crippen LogP contribution in [0.3, 0.4) is 0 Å². The van der Waals surface area contributed by atoms with Gasteiger partial charge in [0.25, 0.3) is 5.91 Å². The highest BCUT2D eigenvalue weighted by Crippen LogP contribution is 2.40. The van der Waals surface area contributed by atoms with Crippen LogP contribution in [0.2, 0.25) is 0 Å². The molecule has 0 aromatic heterocycles. The van der Waals surface area contributed by atoms with Gasteiger partial charge in [-0.15, -0.1) is 0 Å². The maximum atomic E-state index is 12.5. The monoisotopic (exact) mass is 431 g/mol. The summed E-state index contributed by atoms with van der Waals surface area (Å²) in [7, 11) is 0. The Morgan fingerprint density at radius 1 is 1.07 bits per heavy atom. The molecular weight excluding hydrogens is 406 g/mol. The van der Waals surface area contributed by atoms with Crippen molar-refractivity contribution in [2.75, 3.05) is 12.4 Å². The Morgan fingerprint density at radius 2 is 1.70 bits per heavy atom. The normalized spacial score (nSPS) is 12.0. The molecule has 0 unspecified atom stereocenters. The third-order valence-electron chi connectivity index (χ3n) is 4.52. The van der Waals surface area contributed by atoms with E-state index >= 15 is 0 Å². The quantitative estimate of drug-likeness (QED) is 0.433. The molecule has 0 spiro atoms. The van der Waals surface area contributed by atoms with Crippen LogP contribution >= 0.6 is 12.6 Å². The highest BCUT2D eigenvalue weighted by atomic mass is 32.1. The number of benzene rings is 2. The second kappa shape index (κ2) is 10.7. The number of aromatic hydroxyl groups is 1. The van der Waals surface area contributed by atoms with Crippen LogP contribution in [0.4, 0.5) is 4.79 Å². The molecule has 0 aliphatic rings. The molecule has 0 heterocycles. The lowest BCUT2D eigenvalue weighted by Gasteiger charge is -2.34. The number of nitrogens with one attached hydrogen (secondary N) is 1. The molecule has 0 fully saturated rings. The van der Waals surface area contributed by atoms with Crippen LogP contribution in [-0.2, 0) is 14.3 Å². The van der Waals surface area contributed by atoms with Crippen LogP contribution in [0.5, 0.6) is 5.75 Å². The Kier molecular flexibility index (Phi) is 8.29. The number of esters is 1. The molecule has 160 valence electrons. The van der Waals surface area contributed by atoms with E-state index in [9.17, 15) is 19.5 Å². The molecule has 30 heavy (non-hydrogen) atoms.